The summed E-state index contributed by atoms with van der Waals surface area (Å²) in [7, 11) is 2.13. The highest BCUT2D eigenvalue weighted by molar-refractivity contribution is 5.44. The van der Waals surface area contributed by atoms with Gasteiger partial charge in [0, 0.05) is 13.1 Å². The van der Waals surface area contributed by atoms with Crippen molar-refractivity contribution in [2.75, 3.05) is 13.8 Å². The first-order valence-electron chi connectivity index (χ1n) is 6.83. The first-order chi connectivity index (χ1) is 9.70. The predicted octanol–water partition coefficient (Wildman–Crippen LogP) is 3.36. The van der Waals surface area contributed by atoms with Gasteiger partial charge in [0.1, 0.15) is 0 Å². The number of nitrogens with zero attached hydrogens (tertiary/aromatic N) is 1. The van der Waals surface area contributed by atoms with E-state index in [2.05, 4.69) is 55.3 Å². The summed E-state index contributed by atoms with van der Waals surface area (Å²) in [5.41, 5.74) is 3.89. The predicted molar refractivity (Wildman–Crippen MR) is 78.9 cm³/mol. The molecule has 3 nitrogen and oxygen atoms in total. The number of rotatable bonds is 4. The highest BCUT2D eigenvalue weighted by Crippen LogP contribution is 2.32. The lowest BCUT2D eigenvalue weighted by atomic mass is 10.1. The summed E-state index contributed by atoms with van der Waals surface area (Å²) in [6.45, 7) is 4.29. The van der Waals surface area contributed by atoms with E-state index in [1.54, 1.807) is 0 Å². The third kappa shape index (κ3) is 2.94. The average Bonchev–Trinajstić information content (AvgIpc) is 2.86. The molecule has 0 fully saturated rings. The van der Waals surface area contributed by atoms with Crippen molar-refractivity contribution < 1.29 is 9.47 Å². The molecule has 20 heavy (non-hydrogen) atoms. The Kier molecular flexibility index (Phi) is 3.61. The van der Waals surface area contributed by atoms with Crippen LogP contribution in [0.5, 0.6) is 11.5 Å². The summed E-state index contributed by atoms with van der Waals surface area (Å²) in [5, 5.41) is 0. The molecular formula is C17H19NO2. The van der Waals surface area contributed by atoms with E-state index in [-0.39, 0.29) is 0 Å². The molecule has 0 aliphatic carbocycles. The normalized spacial score (nSPS) is 12.9. The van der Waals surface area contributed by atoms with Crippen molar-refractivity contribution in [1.29, 1.82) is 0 Å². The van der Waals surface area contributed by atoms with Crippen LogP contribution >= 0.6 is 0 Å². The molecule has 2 aromatic rings. The molecule has 0 amide bonds. The average molecular weight is 269 g/mol. The van der Waals surface area contributed by atoms with Crippen molar-refractivity contribution in [3.8, 4) is 11.5 Å². The van der Waals surface area contributed by atoms with Crippen LogP contribution in [0.15, 0.2) is 42.5 Å². The molecular weight excluding hydrogens is 250 g/mol. The number of benzene rings is 2. The molecule has 0 bridgehead atoms. The second-order valence-electron chi connectivity index (χ2n) is 5.35. The first-order valence-corrected chi connectivity index (χ1v) is 6.83. The minimum absolute atomic E-state index is 0.331. The van der Waals surface area contributed by atoms with Gasteiger partial charge >= 0.3 is 0 Å². The third-order valence-corrected chi connectivity index (χ3v) is 3.42. The van der Waals surface area contributed by atoms with Crippen molar-refractivity contribution in [3.63, 3.8) is 0 Å². The Hall–Kier alpha value is -2.00. The van der Waals surface area contributed by atoms with Crippen LogP contribution in [0.4, 0.5) is 0 Å². The molecule has 0 atom stereocenters. The molecule has 0 N–H and O–H groups in total. The molecule has 1 heterocycles. The Morgan fingerprint density at radius 3 is 2.50 bits per heavy atom. The van der Waals surface area contributed by atoms with Gasteiger partial charge in [-0.25, -0.2) is 0 Å². The highest BCUT2D eigenvalue weighted by atomic mass is 16.7. The van der Waals surface area contributed by atoms with Crippen molar-refractivity contribution in [1.82, 2.24) is 4.90 Å². The summed E-state index contributed by atoms with van der Waals surface area (Å²) >= 11 is 0. The number of hydrogen-bond donors (Lipinski definition) is 0. The lowest BCUT2D eigenvalue weighted by Crippen LogP contribution is -2.17. The molecule has 3 rings (SSSR count). The molecule has 0 radical (unpaired) electrons. The summed E-state index contributed by atoms with van der Waals surface area (Å²) in [6.07, 6.45) is 0. The van der Waals surface area contributed by atoms with Crippen LogP contribution in [0.1, 0.15) is 16.7 Å². The van der Waals surface area contributed by atoms with Crippen molar-refractivity contribution in [2.24, 2.45) is 0 Å². The van der Waals surface area contributed by atoms with Crippen LogP contribution in [0, 0.1) is 6.92 Å². The van der Waals surface area contributed by atoms with Gasteiger partial charge < -0.3 is 9.47 Å². The Morgan fingerprint density at radius 1 is 0.950 bits per heavy atom. The van der Waals surface area contributed by atoms with Gasteiger partial charge in [-0.2, -0.15) is 0 Å². The van der Waals surface area contributed by atoms with Gasteiger partial charge in [-0.3, -0.25) is 4.90 Å². The zero-order chi connectivity index (χ0) is 13.9. The number of hydrogen-bond acceptors (Lipinski definition) is 3. The van der Waals surface area contributed by atoms with E-state index >= 15 is 0 Å². The summed E-state index contributed by atoms with van der Waals surface area (Å²) < 4.78 is 10.7. The third-order valence-electron chi connectivity index (χ3n) is 3.42. The maximum Gasteiger partial charge on any atom is 0.231 e. The van der Waals surface area contributed by atoms with E-state index in [1.807, 2.05) is 6.07 Å². The minimum atomic E-state index is 0.331. The van der Waals surface area contributed by atoms with Crippen LogP contribution in [0.2, 0.25) is 0 Å². The minimum Gasteiger partial charge on any atom is -0.454 e. The SMILES string of the molecule is Cc1cccc(CN(C)Cc2ccc3c(c2)OCO3)c1. The van der Waals surface area contributed by atoms with E-state index < -0.39 is 0 Å². The molecule has 1 aliphatic rings. The smallest absolute Gasteiger partial charge is 0.231 e. The van der Waals surface area contributed by atoms with Crippen LogP contribution in [0.25, 0.3) is 0 Å². The lowest BCUT2D eigenvalue weighted by molar-refractivity contribution is 0.174. The zero-order valence-corrected chi connectivity index (χ0v) is 11.9. The molecule has 0 unspecified atom stereocenters. The molecule has 1 aliphatic heterocycles. The molecule has 2 aromatic carbocycles. The van der Waals surface area contributed by atoms with E-state index in [1.165, 1.54) is 16.7 Å². The van der Waals surface area contributed by atoms with Gasteiger partial charge in [-0.1, -0.05) is 35.9 Å². The fraction of sp³-hybridized carbons (Fsp3) is 0.294. The Labute approximate surface area is 119 Å². The lowest BCUT2D eigenvalue weighted by Gasteiger charge is -2.17. The van der Waals surface area contributed by atoms with E-state index in [4.69, 9.17) is 9.47 Å². The van der Waals surface area contributed by atoms with Gasteiger partial charge in [0.05, 0.1) is 0 Å². The topological polar surface area (TPSA) is 21.7 Å². The van der Waals surface area contributed by atoms with Crippen LogP contribution in [-0.4, -0.2) is 18.7 Å². The maximum absolute atomic E-state index is 5.41. The van der Waals surface area contributed by atoms with Crippen molar-refractivity contribution >= 4 is 0 Å². The fourth-order valence-electron chi connectivity index (χ4n) is 2.53. The Morgan fingerprint density at radius 2 is 1.70 bits per heavy atom. The number of aryl methyl sites for hydroxylation is 1. The summed E-state index contributed by atoms with van der Waals surface area (Å²) in [6, 6.07) is 14.8. The highest BCUT2D eigenvalue weighted by Gasteiger charge is 2.13. The summed E-state index contributed by atoms with van der Waals surface area (Å²) in [4.78, 5) is 2.30. The fourth-order valence-corrected chi connectivity index (χ4v) is 2.53. The zero-order valence-electron chi connectivity index (χ0n) is 11.9. The number of fused-ring (bicyclic) bond motifs is 1. The summed E-state index contributed by atoms with van der Waals surface area (Å²) in [5.74, 6) is 1.70. The molecule has 0 saturated heterocycles. The largest absolute Gasteiger partial charge is 0.454 e. The van der Waals surface area contributed by atoms with Crippen molar-refractivity contribution in [3.05, 3.63) is 59.2 Å². The quantitative estimate of drug-likeness (QED) is 0.849. The van der Waals surface area contributed by atoms with Crippen LogP contribution < -0.4 is 9.47 Å². The molecule has 0 saturated carbocycles. The monoisotopic (exact) mass is 269 g/mol. The second-order valence-corrected chi connectivity index (χ2v) is 5.35. The van der Waals surface area contributed by atoms with Crippen molar-refractivity contribution in [2.45, 2.75) is 20.0 Å². The van der Waals surface area contributed by atoms with Crippen LogP contribution in [-0.2, 0) is 13.1 Å². The molecule has 0 spiro atoms. The Bertz CT molecular complexity index is 610. The van der Waals surface area contributed by atoms with E-state index in [0.717, 1.165) is 24.6 Å². The Balaban J connectivity index is 1.65. The van der Waals surface area contributed by atoms with Gasteiger partial charge in [0.25, 0.3) is 0 Å². The van der Waals surface area contributed by atoms with Gasteiger partial charge in [-0.05, 0) is 37.2 Å². The van der Waals surface area contributed by atoms with E-state index in [0.29, 0.717) is 6.79 Å². The van der Waals surface area contributed by atoms with Gasteiger partial charge in [0.15, 0.2) is 11.5 Å². The molecule has 3 heteroatoms. The van der Waals surface area contributed by atoms with Gasteiger partial charge in [-0.15, -0.1) is 0 Å². The first kappa shape index (κ1) is 13.0. The molecule has 0 aromatic heterocycles. The van der Waals surface area contributed by atoms with Gasteiger partial charge in [0.2, 0.25) is 6.79 Å². The van der Waals surface area contributed by atoms with Crippen LogP contribution in [0.3, 0.4) is 0 Å². The number of ether oxygens (including phenoxy) is 2. The maximum atomic E-state index is 5.41. The standard InChI is InChI=1S/C17H19NO2/c1-13-4-3-5-14(8-13)10-18(2)11-15-6-7-16-17(9-15)20-12-19-16/h3-9H,10-12H2,1-2H3. The second kappa shape index (κ2) is 5.55. The molecule has 104 valence electrons. The van der Waals surface area contributed by atoms with E-state index in [9.17, 15) is 0 Å².